The fourth-order valence-electron chi connectivity index (χ4n) is 1.53. The first kappa shape index (κ1) is 29.6. The lowest BCUT2D eigenvalue weighted by molar-refractivity contribution is 0.656. The highest BCUT2D eigenvalue weighted by Gasteiger charge is 1.80. The van der Waals surface area contributed by atoms with Crippen LogP contribution in [0.2, 0.25) is 0 Å². The summed E-state index contributed by atoms with van der Waals surface area (Å²) >= 11 is 9.53. The van der Waals surface area contributed by atoms with E-state index in [9.17, 15) is 0 Å². The van der Waals surface area contributed by atoms with Crippen LogP contribution >= 0.6 is 23.2 Å². The molecule has 0 aliphatic rings. The first-order valence-corrected chi connectivity index (χ1v) is 10.3. The maximum atomic E-state index is 4.76. The van der Waals surface area contributed by atoms with E-state index in [1.54, 1.807) is 0 Å². The van der Waals surface area contributed by atoms with Gasteiger partial charge in [-0.05, 0) is 0 Å². The van der Waals surface area contributed by atoms with E-state index in [2.05, 4.69) is 41.5 Å². The summed E-state index contributed by atoms with van der Waals surface area (Å²) in [5, 5.41) is 0.194. The van der Waals surface area contributed by atoms with Crippen molar-refractivity contribution in [2.24, 2.45) is 0 Å². The zero-order valence-corrected chi connectivity index (χ0v) is 17.5. The lowest BCUT2D eigenvalue weighted by Crippen LogP contribution is -1.70. The summed E-state index contributed by atoms with van der Waals surface area (Å²) in [6.07, 6.45) is 16.6. The first-order valence-electron chi connectivity index (χ1n) is 9.28. The summed E-state index contributed by atoms with van der Waals surface area (Å²) in [6.45, 7) is 13.4. The molecule has 0 aromatic heterocycles. The Balaban J connectivity index is -0.0000000955. The molecule has 0 rings (SSSR count). The number of unbranched alkanes of at least 4 members (excludes halogenated alkanes) is 9. The third kappa shape index (κ3) is 77.4. The molecule has 0 spiro atoms. The number of alkyl halides is 2. The zero-order valence-electron chi connectivity index (χ0n) is 15.9. The summed E-state index contributed by atoms with van der Waals surface area (Å²) in [6, 6.07) is 0. The molecule has 0 atom stereocenters. The summed E-state index contributed by atoms with van der Waals surface area (Å²) in [7, 11) is 0. The van der Waals surface area contributed by atoms with Crippen LogP contribution in [0.15, 0.2) is 0 Å². The van der Waals surface area contributed by atoms with Crippen molar-refractivity contribution in [3.8, 4) is 0 Å². The molecule has 2 heteroatoms. The molecule has 0 bridgehead atoms. The molecule has 0 fully saturated rings. The maximum Gasteiger partial charge on any atom is 0.0967 e. The summed E-state index contributed by atoms with van der Waals surface area (Å²) in [4.78, 5) is 0. The summed E-state index contributed by atoms with van der Waals surface area (Å²) in [5.41, 5.74) is 0. The Morgan fingerprint density at radius 3 is 0.714 bits per heavy atom. The molecule has 0 aliphatic heterocycles. The molecule has 0 aliphatic carbocycles. The fraction of sp³-hybridized carbons (Fsp3) is 1.00. The summed E-state index contributed by atoms with van der Waals surface area (Å²) in [5.74, 6) is 0. The highest BCUT2D eigenvalue weighted by Crippen LogP contribution is 2.00. The van der Waals surface area contributed by atoms with E-state index < -0.39 is 0 Å². The van der Waals surface area contributed by atoms with Crippen molar-refractivity contribution >= 4 is 23.2 Å². The smallest absolute Gasteiger partial charge is 0.0967 e. The molecular weight excluding hydrogens is 299 g/mol. The van der Waals surface area contributed by atoms with Crippen LogP contribution in [0, 0.1) is 0 Å². The quantitative estimate of drug-likeness (QED) is 0.289. The largest absolute Gasteiger partial charge is 0.109 e. The van der Waals surface area contributed by atoms with Gasteiger partial charge in [0, 0.05) is 0 Å². The van der Waals surface area contributed by atoms with Crippen LogP contribution in [0.4, 0.5) is 0 Å². The van der Waals surface area contributed by atoms with Gasteiger partial charge in [0.05, 0.1) is 5.34 Å². The molecule has 0 saturated heterocycles. The Morgan fingerprint density at radius 1 is 0.381 bits per heavy atom. The number of halogens is 2. The molecule has 21 heavy (non-hydrogen) atoms. The van der Waals surface area contributed by atoms with Gasteiger partial charge >= 0.3 is 0 Å². The SMILES string of the molecule is CCCCC.CCCCCC.CCCCCCC.ClCCl. The van der Waals surface area contributed by atoms with Crippen molar-refractivity contribution in [3.63, 3.8) is 0 Å². The van der Waals surface area contributed by atoms with Crippen molar-refractivity contribution in [2.45, 2.75) is 119 Å². The molecule has 0 N–H and O–H groups in total. The molecule has 0 saturated carbocycles. The second-order valence-electron chi connectivity index (χ2n) is 5.22. The van der Waals surface area contributed by atoms with Gasteiger partial charge in [0.25, 0.3) is 0 Å². The highest BCUT2D eigenvalue weighted by atomic mass is 35.5. The zero-order chi connectivity index (χ0) is 17.2. The molecule has 134 valence electrons. The second kappa shape index (κ2) is 42.8. The fourth-order valence-corrected chi connectivity index (χ4v) is 1.53. The standard InChI is InChI=1S/C7H16.C6H14.C5H12.CH2Cl2/c1-3-5-7-6-4-2;1-3-5-6-4-2;1-3-5-4-2;2-1-3/h3-7H2,1-2H3;3-6H2,1-2H3;3-5H2,1-2H3;1H2. The van der Waals surface area contributed by atoms with Gasteiger partial charge < -0.3 is 0 Å². The van der Waals surface area contributed by atoms with E-state index in [1.165, 1.54) is 77.0 Å². The average molecular weight is 343 g/mol. The normalized spacial score (nSPS) is 8.57. The van der Waals surface area contributed by atoms with Crippen LogP contribution in [0.5, 0.6) is 0 Å². The summed E-state index contributed by atoms with van der Waals surface area (Å²) < 4.78 is 0. The van der Waals surface area contributed by atoms with E-state index in [4.69, 9.17) is 23.2 Å². The highest BCUT2D eigenvalue weighted by molar-refractivity contribution is 6.40. The van der Waals surface area contributed by atoms with Gasteiger partial charge in [0.1, 0.15) is 0 Å². The van der Waals surface area contributed by atoms with Crippen LogP contribution in [-0.2, 0) is 0 Å². The number of hydrogen-bond acceptors (Lipinski definition) is 0. The Labute approximate surface area is 147 Å². The second-order valence-corrected chi connectivity index (χ2v) is 6.03. The van der Waals surface area contributed by atoms with Crippen LogP contribution in [0.25, 0.3) is 0 Å². The number of rotatable bonds is 9. The van der Waals surface area contributed by atoms with Crippen LogP contribution < -0.4 is 0 Å². The van der Waals surface area contributed by atoms with Crippen molar-refractivity contribution in [2.75, 3.05) is 5.34 Å². The predicted octanol–water partition coefficient (Wildman–Crippen LogP) is 9.18. The molecule has 0 nitrogen and oxygen atoms in total. The third-order valence-electron chi connectivity index (χ3n) is 2.87. The maximum absolute atomic E-state index is 4.76. The molecule has 0 aromatic rings. The van der Waals surface area contributed by atoms with Gasteiger partial charge in [-0.2, -0.15) is 0 Å². The Morgan fingerprint density at radius 2 is 0.571 bits per heavy atom. The Bertz CT molecular complexity index is 95.7. The molecule has 0 unspecified atom stereocenters. The predicted molar refractivity (Wildman–Crippen MR) is 106 cm³/mol. The Hall–Kier alpha value is 0.580. The van der Waals surface area contributed by atoms with Gasteiger partial charge in [-0.25, -0.2) is 0 Å². The van der Waals surface area contributed by atoms with E-state index >= 15 is 0 Å². The lowest BCUT2D eigenvalue weighted by Gasteiger charge is -1.90. The first-order chi connectivity index (χ1) is 10.2. The monoisotopic (exact) mass is 342 g/mol. The van der Waals surface area contributed by atoms with Crippen molar-refractivity contribution in [3.05, 3.63) is 0 Å². The van der Waals surface area contributed by atoms with Gasteiger partial charge in [-0.1, -0.05) is 119 Å². The Kier molecular flexibility index (Phi) is 60.2. The topological polar surface area (TPSA) is 0 Å². The minimum absolute atomic E-state index is 0.194. The van der Waals surface area contributed by atoms with Gasteiger partial charge in [-0.3, -0.25) is 0 Å². The molecule has 0 radical (unpaired) electrons. The number of hydrogen-bond donors (Lipinski definition) is 0. The lowest BCUT2D eigenvalue weighted by atomic mass is 10.2. The minimum atomic E-state index is 0.194. The van der Waals surface area contributed by atoms with Crippen LogP contribution in [0.1, 0.15) is 119 Å². The van der Waals surface area contributed by atoms with Crippen LogP contribution in [-0.4, -0.2) is 5.34 Å². The van der Waals surface area contributed by atoms with E-state index in [-0.39, 0.29) is 5.34 Å². The molecule has 0 aromatic carbocycles. The molecule has 0 amide bonds. The van der Waals surface area contributed by atoms with E-state index in [1.807, 2.05) is 0 Å². The minimum Gasteiger partial charge on any atom is -0.109 e. The van der Waals surface area contributed by atoms with Crippen molar-refractivity contribution in [1.82, 2.24) is 0 Å². The molecule has 0 heterocycles. The van der Waals surface area contributed by atoms with Crippen LogP contribution in [0.3, 0.4) is 0 Å². The van der Waals surface area contributed by atoms with E-state index in [0.717, 1.165) is 0 Å². The van der Waals surface area contributed by atoms with Gasteiger partial charge in [-0.15, -0.1) is 23.2 Å². The van der Waals surface area contributed by atoms with Crippen molar-refractivity contribution in [1.29, 1.82) is 0 Å². The average Bonchev–Trinajstić information content (AvgIpc) is 2.49. The molecular formula is C19H44Cl2. The third-order valence-corrected chi connectivity index (χ3v) is 2.87. The van der Waals surface area contributed by atoms with Gasteiger partial charge in [0.2, 0.25) is 0 Å². The van der Waals surface area contributed by atoms with Gasteiger partial charge in [0.15, 0.2) is 0 Å². The van der Waals surface area contributed by atoms with E-state index in [0.29, 0.717) is 0 Å². The van der Waals surface area contributed by atoms with Crippen molar-refractivity contribution < 1.29 is 0 Å².